The van der Waals surface area contributed by atoms with E-state index in [0.717, 1.165) is 0 Å². The van der Waals surface area contributed by atoms with Crippen LogP contribution >= 0.6 is 0 Å². The molecule has 0 heterocycles. The summed E-state index contributed by atoms with van der Waals surface area (Å²) in [6.45, 7) is 20.5. The summed E-state index contributed by atoms with van der Waals surface area (Å²) in [4.78, 5) is 0. The Balaban J connectivity index is 0.000000162. The van der Waals surface area contributed by atoms with Gasteiger partial charge in [0.05, 0.1) is 0 Å². The van der Waals surface area contributed by atoms with E-state index in [0.29, 0.717) is 14.7 Å². The number of benzene rings is 12. The van der Waals surface area contributed by atoms with E-state index in [1.165, 1.54) is 110 Å². The van der Waals surface area contributed by atoms with Crippen molar-refractivity contribution >= 4 is 79.4 Å². The summed E-state index contributed by atoms with van der Waals surface area (Å²) in [5.74, 6) is -1.83. The molecule has 0 aliphatic heterocycles. The molecule has 12 aromatic carbocycles. The van der Waals surface area contributed by atoms with Gasteiger partial charge in [0.25, 0.3) is 0 Å². The molecule has 0 aromatic heterocycles. The molecule has 0 spiro atoms. The normalized spacial score (nSPS) is 16.7. The van der Waals surface area contributed by atoms with Crippen molar-refractivity contribution < 1.29 is 66.0 Å². The zero-order valence-electron chi connectivity index (χ0n) is 52.6. The zero-order chi connectivity index (χ0) is 59.9. The van der Waals surface area contributed by atoms with E-state index >= 15 is 0 Å². The smallest absolute Gasteiger partial charge is 1.00 e. The second kappa shape index (κ2) is 25.8. The maximum Gasteiger partial charge on any atom is -1.00 e. The third-order valence-electron chi connectivity index (χ3n) is 20.1. The molecule has 90 heavy (non-hydrogen) atoms. The minimum absolute atomic E-state index is 0. The molecule has 0 saturated carbocycles. The summed E-state index contributed by atoms with van der Waals surface area (Å²) >= 11 is -4.70. The Morgan fingerprint density at radius 2 is 0.422 bits per heavy atom. The summed E-state index contributed by atoms with van der Waals surface area (Å²) < 4.78 is 2.60. The van der Waals surface area contributed by atoms with Gasteiger partial charge in [0.15, 0.2) is 0 Å². The maximum atomic E-state index is 2.67. The molecule has 12 aromatic rings. The SMILES string of the molecule is CC1=Cc2c(-c3cccc4ccccc34)cccc2[CH]1[Hf+]([CH]1C(C)=Cc2c(-c3cccc4ccccc34)cccc21)[SiH](C)C.CC1=Cc2c(-c3cccc4ccccc34)cccc2[CH]1[Hf+]([CH]1C(C)=Cc2c(-c3cccc4ccccc34)cccc21)[SiH](C)C.[Cl-].[Cl-]. The zero-order valence-corrected chi connectivity index (χ0v) is 63.6. The van der Waals surface area contributed by atoms with Crippen LogP contribution in [0, 0.1) is 0 Å². The van der Waals surface area contributed by atoms with Gasteiger partial charge in [-0.15, -0.1) is 0 Å². The Kier molecular flexibility index (Phi) is 17.8. The molecular formula is C84H74Cl2Hf2Si2. The Hall–Kier alpha value is -6.61. The molecule has 0 nitrogen and oxygen atoms in total. The van der Waals surface area contributed by atoms with Crippen molar-refractivity contribution in [1.82, 2.24) is 0 Å². The molecule has 0 saturated heterocycles. The first-order valence-electron chi connectivity index (χ1n) is 31.9. The van der Waals surface area contributed by atoms with Crippen LogP contribution in [0.1, 0.15) is 86.9 Å². The van der Waals surface area contributed by atoms with Crippen LogP contribution in [0.25, 0.3) is 112 Å². The van der Waals surface area contributed by atoms with Crippen LogP contribution in [0.5, 0.6) is 0 Å². The second-order valence-corrected chi connectivity index (χ2v) is 81.8. The molecule has 6 heteroatoms. The van der Waals surface area contributed by atoms with E-state index in [1.807, 2.05) is 0 Å². The Morgan fingerprint density at radius 1 is 0.233 bits per heavy atom. The summed E-state index contributed by atoms with van der Waals surface area (Å²) in [6, 6.07) is 91.2. The number of halogens is 2. The molecule has 0 bridgehead atoms. The van der Waals surface area contributed by atoms with Crippen LogP contribution in [0.15, 0.2) is 265 Å². The fourth-order valence-electron chi connectivity index (χ4n) is 16.4. The largest absolute Gasteiger partial charge is 1.00 e. The second-order valence-electron chi connectivity index (χ2n) is 25.9. The molecule has 16 rings (SSSR count). The number of hydrogen-bond donors (Lipinski definition) is 0. The molecule has 0 N–H and O–H groups in total. The Labute approximate surface area is 562 Å². The van der Waals surface area contributed by atoms with Crippen molar-refractivity contribution in [2.75, 3.05) is 0 Å². The van der Waals surface area contributed by atoms with Gasteiger partial charge in [0, 0.05) is 0 Å². The van der Waals surface area contributed by atoms with Crippen molar-refractivity contribution in [3.8, 4) is 44.5 Å². The van der Waals surface area contributed by atoms with E-state index in [4.69, 9.17) is 0 Å². The standard InChI is InChI=1S/4C20H15.2C2H7Si.2ClH.2Hf/c4*1-14-12-16-8-5-11-19(20(16)13-14)18-10-4-7-15-6-2-3-9-17(15)18;2*1-3-2;;;;/h4*2-13H,1H3;2*3H,1-2H3;2*1H;;/q;;;;;;;;2*+1/p-2. The summed E-state index contributed by atoms with van der Waals surface area (Å²) in [7, 11) is 0. The molecular weight excluding hydrogens is 1490 g/mol. The fraction of sp³-hybridized carbons (Fsp3) is 0.143. The van der Waals surface area contributed by atoms with Crippen LogP contribution in [0.4, 0.5) is 0 Å². The van der Waals surface area contributed by atoms with Gasteiger partial charge in [-0.3, -0.25) is 0 Å². The minimum Gasteiger partial charge on any atom is -1.00 e. The van der Waals surface area contributed by atoms with Gasteiger partial charge in [-0.1, -0.05) is 0 Å². The number of allylic oxidation sites excluding steroid dienone is 4. The first kappa shape index (κ1) is 62.2. The molecule has 0 amide bonds. The van der Waals surface area contributed by atoms with Crippen LogP contribution in [0.3, 0.4) is 0 Å². The van der Waals surface area contributed by atoms with Crippen LogP contribution in [-0.2, 0) is 41.2 Å². The molecule has 0 radical (unpaired) electrons. The van der Waals surface area contributed by atoms with Gasteiger partial charge in [0.2, 0.25) is 0 Å². The monoisotopic (exact) mass is 1570 g/mol. The third kappa shape index (κ3) is 10.7. The van der Waals surface area contributed by atoms with Crippen LogP contribution in [-0.4, -0.2) is 12.0 Å². The van der Waals surface area contributed by atoms with Crippen LogP contribution < -0.4 is 24.8 Å². The maximum absolute atomic E-state index is 2.67. The van der Waals surface area contributed by atoms with Crippen molar-refractivity contribution in [3.05, 3.63) is 309 Å². The predicted octanol–water partition coefficient (Wildman–Crippen LogP) is 17.1. The molecule has 440 valence electrons. The quantitative estimate of drug-likeness (QED) is 0.120. The average Bonchev–Trinajstić information content (AvgIpc) is 1.61. The predicted molar refractivity (Wildman–Crippen MR) is 381 cm³/mol. The van der Waals surface area contributed by atoms with E-state index < -0.39 is 53.2 Å². The van der Waals surface area contributed by atoms with Crippen LogP contribution in [0.2, 0.25) is 26.2 Å². The molecule has 4 aliphatic carbocycles. The summed E-state index contributed by atoms with van der Waals surface area (Å²) in [5.41, 5.74) is 29.9. The number of rotatable bonds is 10. The van der Waals surface area contributed by atoms with Gasteiger partial charge in [-0.05, 0) is 0 Å². The van der Waals surface area contributed by atoms with Crippen molar-refractivity contribution in [3.63, 3.8) is 0 Å². The Morgan fingerprint density at radius 3 is 0.644 bits per heavy atom. The fourth-order valence-corrected chi connectivity index (χ4v) is 82.2. The topological polar surface area (TPSA) is 0 Å². The van der Waals surface area contributed by atoms with Crippen molar-refractivity contribution in [2.45, 2.75) is 68.6 Å². The minimum atomic E-state index is -2.35. The molecule has 0 fully saturated rings. The summed E-state index contributed by atoms with van der Waals surface area (Å²) in [6.07, 6.45) is 10.3. The molecule has 4 aliphatic rings. The Bertz CT molecular complexity index is 4300. The van der Waals surface area contributed by atoms with Crippen molar-refractivity contribution in [1.29, 1.82) is 0 Å². The first-order chi connectivity index (χ1) is 43.0. The van der Waals surface area contributed by atoms with Gasteiger partial charge in [0.1, 0.15) is 0 Å². The average molecular weight is 1570 g/mol. The number of fused-ring (bicyclic) bond motifs is 8. The molecule has 4 unspecified atom stereocenters. The third-order valence-corrected chi connectivity index (χ3v) is 83.0. The van der Waals surface area contributed by atoms with Gasteiger partial charge in [-0.2, -0.15) is 0 Å². The van der Waals surface area contributed by atoms with Gasteiger partial charge in [-0.25, -0.2) is 0 Å². The van der Waals surface area contributed by atoms with E-state index in [-0.39, 0.29) is 24.8 Å². The summed E-state index contributed by atoms with van der Waals surface area (Å²) in [5, 5.41) is 10.7. The first-order valence-corrected chi connectivity index (χ1v) is 58.4. The number of hydrogen-bond acceptors (Lipinski definition) is 0. The molecule has 4 atom stereocenters. The van der Waals surface area contributed by atoms with E-state index in [9.17, 15) is 0 Å². The van der Waals surface area contributed by atoms with Gasteiger partial charge >= 0.3 is 543 Å². The van der Waals surface area contributed by atoms with Gasteiger partial charge < -0.3 is 24.8 Å². The van der Waals surface area contributed by atoms with E-state index in [2.05, 4.69) is 321 Å². The van der Waals surface area contributed by atoms with E-state index in [1.54, 1.807) is 44.5 Å². The van der Waals surface area contributed by atoms with Crippen molar-refractivity contribution in [2.24, 2.45) is 0 Å².